The second-order valence-corrected chi connectivity index (χ2v) is 7.33. The molecular weight excluding hydrogens is 372 g/mol. The van der Waals surface area contributed by atoms with E-state index in [0.29, 0.717) is 24.0 Å². The summed E-state index contributed by atoms with van der Waals surface area (Å²) in [4.78, 5) is 24.2. The Morgan fingerprint density at radius 3 is 1.87 bits per heavy atom. The first-order valence-corrected chi connectivity index (χ1v) is 9.89. The summed E-state index contributed by atoms with van der Waals surface area (Å²) in [5.74, 6) is 0.162. The first-order valence-electron chi connectivity index (χ1n) is 9.89. The van der Waals surface area contributed by atoms with Crippen LogP contribution in [0.1, 0.15) is 33.6 Å². The number of fused-ring (bicyclic) bond motifs is 6. The summed E-state index contributed by atoms with van der Waals surface area (Å²) in [6, 6.07) is 23.9. The molecule has 0 saturated heterocycles. The van der Waals surface area contributed by atoms with Gasteiger partial charge in [-0.2, -0.15) is 10.2 Å². The monoisotopic (exact) mass is 390 g/mol. The van der Waals surface area contributed by atoms with Crippen molar-refractivity contribution in [1.29, 1.82) is 0 Å². The fourth-order valence-electron chi connectivity index (χ4n) is 4.04. The van der Waals surface area contributed by atoms with Gasteiger partial charge in [0.1, 0.15) is 0 Å². The van der Waals surface area contributed by atoms with Crippen LogP contribution in [0, 0.1) is 0 Å². The van der Waals surface area contributed by atoms with Gasteiger partial charge in [-0.05, 0) is 21.5 Å². The predicted octanol–water partition coefficient (Wildman–Crippen LogP) is 5.78. The third-order valence-corrected chi connectivity index (χ3v) is 5.54. The van der Waals surface area contributed by atoms with Crippen LogP contribution in [0.5, 0.6) is 0 Å². The number of aromatic nitrogens is 2. The van der Waals surface area contributed by atoms with Gasteiger partial charge in [0.2, 0.25) is 0 Å². The van der Waals surface area contributed by atoms with E-state index in [0.717, 1.165) is 32.3 Å². The Morgan fingerprint density at radius 2 is 1.13 bits per heavy atom. The molecule has 144 valence electrons. The van der Waals surface area contributed by atoms with Crippen molar-refractivity contribution in [3.8, 4) is 0 Å². The average molecular weight is 390 g/mol. The van der Waals surface area contributed by atoms with E-state index in [1.807, 2.05) is 60.7 Å². The van der Waals surface area contributed by atoms with Crippen molar-refractivity contribution < 1.29 is 9.59 Å². The van der Waals surface area contributed by atoms with E-state index in [-0.39, 0.29) is 11.6 Å². The number of Topliss-reactive ketones (excluding diaryl/α,β-unsaturated/α-hetero) is 2. The van der Waals surface area contributed by atoms with Crippen molar-refractivity contribution in [1.82, 2.24) is 10.2 Å². The van der Waals surface area contributed by atoms with Gasteiger partial charge in [0, 0.05) is 34.7 Å². The third-order valence-electron chi connectivity index (χ3n) is 5.54. The van der Waals surface area contributed by atoms with Gasteiger partial charge in [0.15, 0.2) is 11.6 Å². The van der Waals surface area contributed by atoms with Crippen LogP contribution in [0.2, 0.25) is 0 Å². The number of ketones is 2. The van der Waals surface area contributed by atoms with Crippen molar-refractivity contribution >= 4 is 43.9 Å². The number of hydrogen-bond donors (Lipinski definition) is 0. The topological polar surface area (TPSA) is 59.9 Å². The Kier molecular flexibility index (Phi) is 4.52. The number of carbonyl (C=O) groups excluding carboxylic acids is 2. The zero-order valence-corrected chi connectivity index (χ0v) is 16.2. The molecule has 5 aromatic rings. The van der Waals surface area contributed by atoms with Gasteiger partial charge in [0.05, 0.1) is 12.4 Å². The van der Waals surface area contributed by atoms with Crippen molar-refractivity contribution in [2.45, 2.75) is 12.8 Å². The molecule has 0 saturated carbocycles. The highest BCUT2D eigenvalue weighted by molar-refractivity contribution is 6.23. The van der Waals surface area contributed by atoms with E-state index in [4.69, 9.17) is 0 Å². The SMILES string of the molecule is O=C1CCC(=O)c2c1ccc1c2ccc2ccccc21.c1ccc2cnncc2c1. The standard InChI is InChI=1S/C18H12O2.C8H6N2/c19-16-9-10-17(20)18-14-6-5-11-3-1-2-4-12(11)13(14)7-8-15(16)18;1-2-4-8-6-10-9-5-7(8)3-1/h1-8H,9-10H2;1-6H. The minimum absolute atomic E-state index is 0.0784. The Hall–Kier alpha value is -3.92. The molecule has 0 amide bonds. The second-order valence-electron chi connectivity index (χ2n) is 7.33. The number of benzene rings is 4. The lowest BCUT2D eigenvalue weighted by molar-refractivity contribution is 0.0892. The fourth-order valence-corrected chi connectivity index (χ4v) is 4.04. The first-order chi connectivity index (χ1) is 14.7. The minimum atomic E-state index is 0.0784. The van der Waals surface area contributed by atoms with Crippen molar-refractivity contribution in [2.24, 2.45) is 0 Å². The molecular formula is C26H18N2O2. The molecule has 0 atom stereocenters. The summed E-state index contributed by atoms with van der Waals surface area (Å²) in [7, 11) is 0. The molecule has 1 aliphatic carbocycles. The summed E-state index contributed by atoms with van der Waals surface area (Å²) in [5, 5.41) is 14.0. The van der Waals surface area contributed by atoms with Crippen LogP contribution in [0.3, 0.4) is 0 Å². The lowest BCUT2D eigenvalue weighted by Crippen LogP contribution is -2.17. The highest BCUT2D eigenvalue weighted by atomic mass is 16.1. The molecule has 4 heteroatoms. The van der Waals surface area contributed by atoms with Gasteiger partial charge in [-0.1, -0.05) is 72.8 Å². The molecule has 0 aliphatic heterocycles. The van der Waals surface area contributed by atoms with Gasteiger partial charge in [-0.15, -0.1) is 0 Å². The molecule has 0 spiro atoms. The zero-order valence-electron chi connectivity index (χ0n) is 16.2. The molecule has 0 fully saturated rings. The van der Waals surface area contributed by atoms with E-state index < -0.39 is 0 Å². The minimum Gasteiger partial charge on any atom is -0.294 e. The van der Waals surface area contributed by atoms with Crippen molar-refractivity contribution in [3.63, 3.8) is 0 Å². The van der Waals surface area contributed by atoms with Crippen LogP contribution < -0.4 is 0 Å². The van der Waals surface area contributed by atoms with Crippen LogP contribution in [0.25, 0.3) is 32.3 Å². The third kappa shape index (κ3) is 3.12. The van der Waals surface area contributed by atoms with Gasteiger partial charge < -0.3 is 0 Å². The van der Waals surface area contributed by atoms with Gasteiger partial charge >= 0.3 is 0 Å². The highest BCUT2D eigenvalue weighted by Crippen LogP contribution is 2.33. The first kappa shape index (κ1) is 18.1. The van der Waals surface area contributed by atoms with E-state index >= 15 is 0 Å². The molecule has 4 aromatic carbocycles. The Morgan fingerprint density at radius 1 is 0.533 bits per heavy atom. The predicted molar refractivity (Wildman–Crippen MR) is 119 cm³/mol. The quantitative estimate of drug-likeness (QED) is 0.314. The largest absolute Gasteiger partial charge is 0.294 e. The highest BCUT2D eigenvalue weighted by Gasteiger charge is 2.25. The van der Waals surface area contributed by atoms with Crippen LogP contribution in [-0.2, 0) is 0 Å². The summed E-state index contributed by atoms with van der Waals surface area (Å²) in [6.07, 6.45) is 4.19. The van der Waals surface area contributed by atoms with Gasteiger partial charge in [0.25, 0.3) is 0 Å². The number of carbonyl (C=O) groups is 2. The molecule has 0 unspecified atom stereocenters. The van der Waals surface area contributed by atoms with E-state index in [9.17, 15) is 9.59 Å². The van der Waals surface area contributed by atoms with E-state index in [1.54, 1.807) is 12.4 Å². The summed E-state index contributed by atoms with van der Waals surface area (Å²) >= 11 is 0. The molecule has 0 N–H and O–H groups in total. The Labute approximate surface area is 173 Å². The zero-order chi connectivity index (χ0) is 20.5. The van der Waals surface area contributed by atoms with Crippen molar-refractivity contribution in [2.75, 3.05) is 0 Å². The normalized spacial score (nSPS) is 13.2. The van der Waals surface area contributed by atoms with E-state index in [2.05, 4.69) is 22.3 Å². The fraction of sp³-hybridized carbons (Fsp3) is 0.0769. The molecule has 1 aromatic heterocycles. The van der Waals surface area contributed by atoms with Crippen LogP contribution >= 0.6 is 0 Å². The average Bonchev–Trinajstić information content (AvgIpc) is 2.81. The van der Waals surface area contributed by atoms with Crippen LogP contribution in [0.4, 0.5) is 0 Å². The number of nitrogens with zero attached hydrogens (tertiary/aromatic N) is 2. The maximum absolute atomic E-state index is 12.2. The number of hydrogen-bond acceptors (Lipinski definition) is 4. The summed E-state index contributed by atoms with van der Waals surface area (Å²) in [6.45, 7) is 0. The molecule has 0 radical (unpaired) electrons. The molecule has 4 nitrogen and oxygen atoms in total. The van der Waals surface area contributed by atoms with Crippen molar-refractivity contribution in [3.05, 3.63) is 96.3 Å². The maximum atomic E-state index is 12.2. The lowest BCUT2D eigenvalue weighted by Gasteiger charge is -2.16. The van der Waals surface area contributed by atoms with E-state index in [1.165, 1.54) is 0 Å². The lowest BCUT2D eigenvalue weighted by atomic mass is 9.85. The van der Waals surface area contributed by atoms with Gasteiger partial charge in [-0.3, -0.25) is 9.59 Å². The number of rotatable bonds is 0. The second kappa shape index (κ2) is 7.48. The van der Waals surface area contributed by atoms with Gasteiger partial charge in [-0.25, -0.2) is 0 Å². The smallest absolute Gasteiger partial charge is 0.164 e. The summed E-state index contributed by atoms with van der Waals surface area (Å²) < 4.78 is 0. The van der Waals surface area contributed by atoms with Crippen LogP contribution in [-0.4, -0.2) is 21.8 Å². The molecule has 0 bridgehead atoms. The molecule has 1 aliphatic rings. The molecule has 6 rings (SSSR count). The Balaban J connectivity index is 0.000000161. The molecule has 1 heterocycles. The Bertz CT molecular complexity index is 1370. The maximum Gasteiger partial charge on any atom is 0.164 e. The molecule has 30 heavy (non-hydrogen) atoms. The van der Waals surface area contributed by atoms with Crippen LogP contribution in [0.15, 0.2) is 85.2 Å². The summed E-state index contributed by atoms with van der Waals surface area (Å²) in [5.41, 5.74) is 1.20.